The van der Waals surface area contributed by atoms with Crippen LogP contribution < -0.4 is 16.0 Å². The van der Waals surface area contributed by atoms with Gasteiger partial charge in [0.25, 0.3) is 17.7 Å². The van der Waals surface area contributed by atoms with Gasteiger partial charge in [0.05, 0.1) is 6.26 Å². The van der Waals surface area contributed by atoms with Crippen LogP contribution in [0.25, 0.3) is 0 Å². The molecule has 0 radical (unpaired) electrons. The summed E-state index contributed by atoms with van der Waals surface area (Å²) in [5.41, 5.74) is 2.11. The number of nitrogens with one attached hydrogen (secondary N) is 3. The number of hydrogen-bond acceptors (Lipinski definition) is 5. The van der Waals surface area contributed by atoms with Crippen LogP contribution in [-0.4, -0.2) is 35.9 Å². The smallest absolute Gasteiger partial charge is 0.291 e. The molecule has 8 heteroatoms. The van der Waals surface area contributed by atoms with Crippen LogP contribution in [0, 0.1) is 6.92 Å². The van der Waals surface area contributed by atoms with Gasteiger partial charge >= 0.3 is 0 Å². The summed E-state index contributed by atoms with van der Waals surface area (Å²) in [5.74, 6) is -0.765. The van der Waals surface area contributed by atoms with Crippen LogP contribution in [0.15, 0.2) is 65.3 Å². The molecule has 0 aliphatic rings. The number of benzene rings is 2. The van der Waals surface area contributed by atoms with E-state index in [-0.39, 0.29) is 23.3 Å². The Hall–Kier alpha value is -4.07. The second kappa shape index (κ2) is 10.1. The zero-order chi connectivity index (χ0) is 22.2. The number of anilines is 1. The molecule has 31 heavy (non-hydrogen) atoms. The largest absolute Gasteiger partial charge is 0.508 e. The Morgan fingerprint density at radius 3 is 2.23 bits per heavy atom. The number of furan rings is 1. The van der Waals surface area contributed by atoms with Gasteiger partial charge in [0.15, 0.2) is 5.76 Å². The fraction of sp³-hybridized carbons (Fsp3) is 0.174. The summed E-state index contributed by atoms with van der Waals surface area (Å²) < 4.78 is 5.08. The summed E-state index contributed by atoms with van der Waals surface area (Å²) in [6.45, 7) is 2.56. The standard InChI is InChI=1S/C23H23N3O5/c1-15-8-9-17(14-19(15)26-23(30)20-7-3-12-31-20)22(29)25-11-4-10-24-21(28)16-5-2-6-18(27)13-16/h2-3,5-9,12-14,27H,4,10-11H2,1H3,(H,24,28)(H,25,29)(H,26,30). The molecule has 0 saturated heterocycles. The number of aromatic hydroxyl groups is 1. The fourth-order valence-corrected chi connectivity index (χ4v) is 2.83. The molecule has 0 unspecified atom stereocenters. The average Bonchev–Trinajstić information content (AvgIpc) is 3.30. The van der Waals surface area contributed by atoms with Crippen molar-refractivity contribution in [3.63, 3.8) is 0 Å². The van der Waals surface area contributed by atoms with E-state index in [1.54, 1.807) is 42.5 Å². The first-order valence-corrected chi connectivity index (χ1v) is 9.75. The molecule has 0 aliphatic heterocycles. The first kappa shape index (κ1) is 21.6. The number of carbonyl (C=O) groups excluding carboxylic acids is 3. The van der Waals surface area contributed by atoms with Crippen molar-refractivity contribution in [1.82, 2.24) is 10.6 Å². The van der Waals surface area contributed by atoms with E-state index in [0.717, 1.165) is 5.56 Å². The average molecular weight is 421 g/mol. The van der Waals surface area contributed by atoms with Crippen molar-refractivity contribution in [2.24, 2.45) is 0 Å². The maximum absolute atomic E-state index is 12.4. The molecule has 160 valence electrons. The monoisotopic (exact) mass is 421 g/mol. The van der Waals surface area contributed by atoms with Gasteiger partial charge in [0.1, 0.15) is 5.75 Å². The summed E-state index contributed by atoms with van der Waals surface area (Å²) in [6.07, 6.45) is 1.95. The Balaban J connectivity index is 1.47. The lowest BCUT2D eigenvalue weighted by Crippen LogP contribution is -2.30. The number of amides is 3. The molecule has 3 rings (SSSR count). The van der Waals surface area contributed by atoms with Gasteiger partial charge in [-0.3, -0.25) is 14.4 Å². The number of rotatable bonds is 8. The van der Waals surface area contributed by atoms with Gasteiger partial charge in [0.2, 0.25) is 0 Å². The van der Waals surface area contributed by atoms with Crippen LogP contribution in [0.5, 0.6) is 5.75 Å². The lowest BCUT2D eigenvalue weighted by atomic mass is 10.1. The summed E-state index contributed by atoms with van der Waals surface area (Å²) in [7, 11) is 0. The van der Waals surface area contributed by atoms with Crippen LogP contribution >= 0.6 is 0 Å². The van der Waals surface area contributed by atoms with Crippen molar-refractivity contribution >= 4 is 23.4 Å². The Morgan fingerprint density at radius 2 is 1.58 bits per heavy atom. The number of carbonyl (C=O) groups is 3. The van der Waals surface area contributed by atoms with E-state index in [2.05, 4.69) is 16.0 Å². The Labute approximate surface area is 179 Å². The lowest BCUT2D eigenvalue weighted by molar-refractivity contribution is 0.0948. The summed E-state index contributed by atoms with van der Waals surface area (Å²) in [4.78, 5) is 36.6. The number of hydrogen-bond donors (Lipinski definition) is 4. The van der Waals surface area contributed by atoms with Gasteiger partial charge < -0.3 is 25.5 Å². The number of aryl methyl sites for hydroxylation is 1. The second-order valence-electron chi connectivity index (χ2n) is 6.88. The molecule has 3 aromatic rings. The van der Waals surface area contributed by atoms with E-state index >= 15 is 0 Å². The molecule has 8 nitrogen and oxygen atoms in total. The van der Waals surface area contributed by atoms with Crippen LogP contribution in [0.3, 0.4) is 0 Å². The van der Waals surface area contributed by atoms with Gasteiger partial charge in [0, 0.05) is 29.9 Å². The molecule has 4 N–H and O–H groups in total. The van der Waals surface area contributed by atoms with Crippen molar-refractivity contribution in [2.45, 2.75) is 13.3 Å². The van der Waals surface area contributed by atoms with E-state index in [9.17, 15) is 19.5 Å². The number of phenols is 1. The molecule has 0 atom stereocenters. The fourth-order valence-electron chi connectivity index (χ4n) is 2.83. The van der Waals surface area contributed by atoms with E-state index < -0.39 is 5.91 Å². The third kappa shape index (κ3) is 5.96. The Morgan fingerprint density at radius 1 is 0.871 bits per heavy atom. The highest BCUT2D eigenvalue weighted by Crippen LogP contribution is 2.18. The van der Waals surface area contributed by atoms with Crippen molar-refractivity contribution in [2.75, 3.05) is 18.4 Å². The molecule has 1 aromatic heterocycles. The van der Waals surface area contributed by atoms with Crippen LogP contribution in [0.2, 0.25) is 0 Å². The lowest BCUT2D eigenvalue weighted by Gasteiger charge is -2.11. The topological polar surface area (TPSA) is 121 Å². The summed E-state index contributed by atoms with van der Waals surface area (Å²) in [6, 6.07) is 14.3. The maximum atomic E-state index is 12.4. The van der Waals surface area contributed by atoms with Gasteiger partial charge in [-0.15, -0.1) is 0 Å². The molecule has 1 heterocycles. The SMILES string of the molecule is Cc1ccc(C(=O)NCCCNC(=O)c2cccc(O)c2)cc1NC(=O)c1ccco1. The van der Waals surface area contributed by atoms with Crippen LogP contribution in [-0.2, 0) is 0 Å². The Kier molecular flexibility index (Phi) is 7.05. The van der Waals surface area contributed by atoms with Gasteiger partial charge in [-0.05, 0) is 61.4 Å². The minimum atomic E-state index is -0.395. The predicted molar refractivity (Wildman–Crippen MR) is 115 cm³/mol. The van der Waals surface area contributed by atoms with Gasteiger partial charge in [-0.1, -0.05) is 12.1 Å². The van der Waals surface area contributed by atoms with E-state index in [1.807, 2.05) is 6.92 Å². The predicted octanol–water partition coefficient (Wildman–Crippen LogP) is 3.10. The van der Waals surface area contributed by atoms with Crippen LogP contribution in [0.1, 0.15) is 43.3 Å². The van der Waals surface area contributed by atoms with E-state index in [4.69, 9.17) is 4.42 Å². The molecule has 0 bridgehead atoms. The minimum absolute atomic E-state index is 0.0257. The Bertz CT molecular complexity index is 1080. The van der Waals surface area contributed by atoms with Gasteiger partial charge in [-0.25, -0.2) is 0 Å². The van der Waals surface area contributed by atoms with E-state index in [0.29, 0.717) is 36.3 Å². The van der Waals surface area contributed by atoms with Crippen molar-refractivity contribution < 1.29 is 23.9 Å². The highest BCUT2D eigenvalue weighted by atomic mass is 16.3. The second-order valence-corrected chi connectivity index (χ2v) is 6.88. The molecule has 2 aromatic carbocycles. The third-order valence-corrected chi connectivity index (χ3v) is 4.53. The minimum Gasteiger partial charge on any atom is -0.508 e. The number of phenolic OH excluding ortho intramolecular Hbond substituents is 1. The highest BCUT2D eigenvalue weighted by Gasteiger charge is 2.13. The van der Waals surface area contributed by atoms with Crippen LogP contribution in [0.4, 0.5) is 5.69 Å². The first-order chi connectivity index (χ1) is 14.9. The summed E-state index contributed by atoms with van der Waals surface area (Å²) in [5, 5.41) is 17.7. The molecule has 0 fully saturated rings. The molecule has 3 amide bonds. The normalized spacial score (nSPS) is 10.4. The first-order valence-electron chi connectivity index (χ1n) is 9.75. The quantitative estimate of drug-likeness (QED) is 0.417. The third-order valence-electron chi connectivity index (χ3n) is 4.53. The highest BCUT2D eigenvalue weighted by molar-refractivity contribution is 6.04. The maximum Gasteiger partial charge on any atom is 0.291 e. The van der Waals surface area contributed by atoms with E-state index in [1.165, 1.54) is 18.4 Å². The van der Waals surface area contributed by atoms with Crippen molar-refractivity contribution in [3.8, 4) is 5.75 Å². The van der Waals surface area contributed by atoms with Crippen molar-refractivity contribution in [3.05, 3.63) is 83.3 Å². The summed E-state index contributed by atoms with van der Waals surface area (Å²) >= 11 is 0. The zero-order valence-corrected chi connectivity index (χ0v) is 17.0. The zero-order valence-electron chi connectivity index (χ0n) is 17.0. The molecular weight excluding hydrogens is 398 g/mol. The van der Waals surface area contributed by atoms with Gasteiger partial charge in [-0.2, -0.15) is 0 Å². The molecule has 0 aliphatic carbocycles. The van der Waals surface area contributed by atoms with Crippen molar-refractivity contribution in [1.29, 1.82) is 0 Å². The molecular formula is C23H23N3O5. The molecule has 0 saturated carbocycles. The molecule has 0 spiro atoms.